The molecule has 2 aromatic carbocycles. The highest BCUT2D eigenvalue weighted by Gasteiger charge is 2.25. The molecule has 1 saturated heterocycles. The quantitative estimate of drug-likeness (QED) is 0.400. The second-order valence-electron chi connectivity index (χ2n) is 8.58. The average Bonchev–Trinajstić information content (AvgIpc) is 3.22. The minimum absolute atomic E-state index is 0.171. The van der Waals surface area contributed by atoms with Gasteiger partial charge in [0.15, 0.2) is 5.65 Å². The molecule has 5 rings (SSSR count). The highest BCUT2D eigenvalue weighted by Crippen LogP contribution is 2.29. The van der Waals surface area contributed by atoms with Gasteiger partial charge in [0.1, 0.15) is 0 Å². The Bertz CT molecular complexity index is 1340. The largest absolute Gasteiger partial charge is 0.364 e. The van der Waals surface area contributed by atoms with Gasteiger partial charge in [-0.1, -0.05) is 24.3 Å². The Morgan fingerprint density at radius 3 is 2.45 bits per heavy atom. The lowest BCUT2D eigenvalue weighted by Gasteiger charge is -2.41. The Hall–Kier alpha value is -3.11. The lowest BCUT2D eigenvalue weighted by Crippen LogP contribution is -2.55. The molecule has 9 heteroatoms. The number of nitrogens with one attached hydrogen (secondary N) is 1. The summed E-state index contributed by atoms with van der Waals surface area (Å²) in [4.78, 5) is 7.27. The summed E-state index contributed by atoms with van der Waals surface area (Å²) in [6.45, 7) is 6.45. The summed E-state index contributed by atoms with van der Waals surface area (Å²) in [6.07, 6.45) is 5.48. The van der Waals surface area contributed by atoms with Crippen LogP contribution in [0.4, 0.5) is 5.69 Å². The summed E-state index contributed by atoms with van der Waals surface area (Å²) in [5.41, 5.74) is 5.40. The molecule has 8 nitrogen and oxygen atoms in total. The Kier molecular flexibility index (Phi) is 5.49. The molecule has 0 spiro atoms. The van der Waals surface area contributed by atoms with E-state index in [-0.39, 0.29) is 4.90 Å². The van der Waals surface area contributed by atoms with Crippen LogP contribution in [0.1, 0.15) is 13.8 Å². The first-order valence-corrected chi connectivity index (χ1v) is 12.5. The number of hydrogen-bond acceptors (Lipinski definition) is 5. The molecule has 1 aliphatic heterocycles. The number of benzene rings is 2. The van der Waals surface area contributed by atoms with Crippen LogP contribution in [0, 0.1) is 0 Å². The molecule has 1 unspecified atom stereocenters. The fourth-order valence-corrected chi connectivity index (χ4v) is 5.11. The molecule has 1 aliphatic rings. The van der Waals surface area contributed by atoms with Crippen molar-refractivity contribution in [2.24, 2.45) is 5.14 Å². The van der Waals surface area contributed by atoms with E-state index in [0.717, 1.165) is 35.3 Å². The smallest absolute Gasteiger partial charge is 0.320 e. The summed E-state index contributed by atoms with van der Waals surface area (Å²) >= 11 is 0. The lowest BCUT2D eigenvalue weighted by molar-refractivity contribution is 0.432. The summed E-state index contributed by atoms with van der Waals surface area (Å²) in [5, 5.41) is 13.3. The van der Waals surface area contributed by atoms with E-state index in [9.17, 15) is 8.76 Å². The van der Waals surface area contributed by atoms with Gasteiger partial charge in [0, 0.05) is 60.4 Å². The van der Waals surface area contributed by atoms with Gasteiger partial charge < -0.3 is 10.2 Å². The molecule has 170 valence electrons. The maximum Gasteiger partial charge on any atom is 0.320 e. The molecule has 4 N–H and O–H groups in total. The molecule has 1 fully saturated rings. The van der Waals surface area contributed by atoms with Crippen LogP contribution in [0.3, 0.4) is 0 Å². The van der Waals surface area contributed by atoms with E-state index in [2.05, 4.69) is 58.4 Å². The minimum Gasteiger partial charge on any atom is -0.364 e. The maximum atomic E-state index is 11.8. The van der Waals surface area contributed by atoms with Crippen molar-refractivity contribution in [3.63, 3.8) is 0 Å². The molecule has 0 saturated carbocycles. The number of piperazine rings is 1. The summed E-state index contributed by atoms with van der Waals surface area (Å²) in [6, 6.07) is 16.1. The first-order chi connectivity index (χ1) is 15.8. The third-order valence-electron chi connectivity index (χ3n) is 6.17. The molecule has 2 aromatic heterocycles. The van der Waals surface area contributed by atoms with Gasteiger partial charge in [0.25, 0.3) is 0 Å². The number of rotatable bonds is 4. The Balaban J connectivity index is 1.45. The van der Waals surface area contributed by atoms with Crippen molar-refractivity contribution in [3.05, 3.63) is 67.1 Å². The first kappa shape index (κ1) is 21.7. The van der Waals surface area contributed by atoms with Crippen molar-refractivity contribution in [1.82, 2.24) is 19.9 Å². The van der Waals surface area contributed by atoms with Gasteiger partial charge in [-0.25, -0.2) is 9.50 Å². The fraction of sp³-hybridized carbons (Fsp3) is 0.250. The van der Waals surface area contributed by atoms with Crippen LogP contribution in [0.5, 0.6) is 0 Å². The van der Waals surface area contributed by atoms with Gasteiger partial charge in [-0.15, -0.1) is 5.14 Å². The minimum atomic E-state index is -3.54. The van der Waals surface area contributed by atoms with Crippen LogP contribution in [0.25, 0.3) is 27.9 Å². The lowest BCUT2D eigenvalue weighted by atomic mass is 10.0. The molecule has 0 aliphatic carbocycles. The molecule has 0 radical (unpaired) electrons. The van der Waals surface area contributed by atoms with E-state index in [4.69, 9.17) is 5.14 Å². The zero-order valence-electron chi connectivity index (χ0n) is 18.5. The molecule has 4 aromatic rings. The molecular weight excluding hydrogens is 436 g/mol. The SMILES string of the molecule is C[C@@H]1CNC[C@H](C)N1c1ccc(-c2cnc3c(-c4cccc([S+](N)(=O)O)c4)cnn3c2)cc1. The zero-order chi connectivity index (χ0) is 23.2. The molecule has 3 atom stereocenters. The van der Waals surface area contributed by atoms with Crippen molar-refractivity contribution in [1.29, 1.82) is 0 Å². The molecule has 33 heavy (non-hydrogen) atoms. The summed E-state index contributed by atoms with van der Waals surface area (Å²) in [5.74, 6) is 0. The van der Waals surface area contributed by atoms with Crippen molar-refractivity contribution in [3.8, 4) is 22.3 Å². The van der Waals surface area contributed by atoms with E-state index in [0.29, 0.717) is 17.7 Å². The van der Waals surface area contributed by atoms with Gasteiger partial charge >= 0.3 is 10.4 Å². The normalized spacial score (nSPS) is 20.7. The number of anilines is 1. The van der Waals surface area contributed by atoms with Gasteiger partial charge in [-0.2, -0.15) is 9.65 Å². The van der Waals surface area contributed by atoms with Crippen molar-refractivity contribution in [2.75, 3.05) is 18.0 Å². The molecule has 0 amide bonds. The number of nitrogens with two attached hydrogens (primary N) is 1. The van der Waals surface area contributed by atoms with Crippen LogP contribution in [-0.4, -0.2) is 44.3 Å². The van der Waals surface area contributed by atoms with Crippen molar-refractivity contribution >= 4 is 21.7 Å². The number of aromatic nitrogens is 3. The van der Waals surface area contributed by atoms with Crippen LogP contribution in [0.15, 0.2) is 72.0 Å². The Morgan fingerprint density at radius 1 is 1.03 bits per heavy atom. The standard InChI is InChI=1S/C24H26N6O2S/c1-16-11-26-12-17(2)30(16)21-8-6-18(7-9-21)20-13-27-24-23(14-28-29(24)15-20)19-4-3-5-22(10-19)33(25,31)32/h3-10,13-17,26H,11-12H2,1-2H3,(H2-,25,31,32)/p+1/t16-,17+. The highest BCUT2D eigenvalue weighted by atomic mass is 32.3. The van der Waals surface area contributed by atoms with Crippen LogP contribution in [0.2, 0.25) is 0 Å². The fourth-order valence-electron chi connectivity index (χ4n) is 4.54. The second kappa shape index (κ2) is 8.35. The summed E-state index contributed by atoms with van der Waals surface area (Å²) in [7, 11) is -3.54. The average molecular weight is 464 g/mol. The van der Waals surface area contributed by atoms with E-state index >= 15 is 0 Å². The van der Waals surface area contributed by atoms with Crippen LogP contribution < -0.4 is 15.4 Å². The monoisotopic (exact) mass is 463 g/mol. The van der Waals surface area contributed by atoms with Crippen molar-refractivity contribution < 1.29 is 8.76 Å². The predicted molar refractivity (Wildman–Crippen MR) is 131 cm³/mol. The van der Waals surface area contributed by atoms with Gasteiger partial charge in [0.05, 0.1) is 6.20 Å². The van der Waals surface area contributed by atoms with E-state index in [1.165, 1.54) is 11.8 Å². The second-order valence-corrected chi connectivity index (χ2v) is 10.2. The topological polar surface area (TPSA) is 109 Å². The third kappa shape index (κ3) is 4.16. The number of nitrogens with zero attached hydrogens (tertiary/aromatic N) is 4. The predicted octanol–water partition coefficient (Wildman–Crippen LogP) is 3.46. The van der Waals surface area contributed by atoms with Crippen LogP contribution >= 0.6 is 0 Å². The zero-order valence-corrected chi connectivity index (χ0v) is 19.4. The Labute approximate surface area is 193 Å². The van der Waals surface area contributed by atoms with E-state index in [1.807, 2.05) is 18.5 Å². The molecule has 0 bridgehead atoms. The highest BCUT2D eigenvalue weighted by molar-refractivity contribution is 7.95. The summed E-state index contributed by atoms with van der Waals surface area (Å²) < 4.78 is 23.2. The molecule has 3 heterocycles. The van der Waals surface area contributed by atoms with Gasteiger partial charge in [-0.05, 0) is 47.4 Å². The third-order valence-corrected chi connectivity index (χ3v) is 7.10. The number of fused-ring (bicyclic) bond motifs is 1. The van der Waals surface area contributed by atoms with Gasteiger partial charge in [-0.3, -0.25) is 0 Å². The van der Waals surface area contributed by atoms with Crippen molar-refractivity contribution in [2.45, 2.75) is 30.8 Å². The number of hydrogen-bond donors (Lipinski definition) is 3. The van der Waals surface area contributed by atoms with Crippen LogP contribution in [-0.2, 0) is 14.6 Å². The first-order valence-electron chi connectivity index (χ1n) is 10.9. The van der Waals surface area contributed by atoms with E-state index in [1.54, 1.807) is 22.8 Å². The maximum absolute atomic E-state index is 11.8. The Morgan fingerprint density at radius 2 is 1.76 bits per heavy atom. The molecular formula is C24H27N6O2S+. The van der Waals surface area contributed by atoms with Gasteiger partial charge in [0.2, 0.25) is 4.90 Å². The van der Waals surface area contributed by atoms with E-state index < -0.39 is 10.4 Å².